The van der Waals surface area contributed by atoms with Gasteiger partial charge in [0.25, 0.3) is 5.91 Å². The molecule has 4 amide bonds. The van der Waals surface area contributed by atoms with Crippen LogP contribution in [0, 0.1) is 11.8 Å². The summed E-state index contributed by atoms with van der Waals surface area (Å²) >= 11 is 0. The molecule has 8 heteroatoms. The summed E-state index contributed by atoms with van der Waals surface area (Å²) in [5.41, 5.74) is -1.37. The Morgan fingerprint density at radius 2 is 1.83 bits per heavy atom. The van der Waals surface area contributed by atoms with Gasteiger partial charge in [0.15, 0.2) is 5.54 Å². The Balaban J connectivity index is 1.90. The van der Waals surface area contributed by atoms with Gasteiger partial charge in [-0.1, -0.05) is 6.08 Å². The lowest BCUT2D eigenvalue weighted by atomic mass is 9.79. The summed E-state index contributed by atoms with van der Waals surface area (Å²) in [7, 11) is 0. The Labute approximate surface area is 138 Å². The van der Waals surface area contributed by atoms with Gasteiger partial charge < -0.3 is 0 Å². The van der Waals surface area contributed by atoms with Crippen molar-refractivity contribution in [2.24, 2.45) is 16.9 Å². The summed E-state index contributed by atoms with van der Waals surface area (Å²) in [5, 5.41) is 5.81. The van der Waals surface area contributed by atoms with E-state index in [-0.39, 0.29) is 37.2 Å². The van der Waals surface area contributed by atoms with Crippen molar-refractivity contribution in [2.75, 3.05) is 13.1 Å². The molecule has 8 nitrogen and oxygen atoms in total. The zero-order chi connectivity index (χ0) is 17.2. The van der Waals surface area contributed by atoms with Crippen molar-refractivity contribution < 1.29 is 19.2 Å². The molecule has 0 radical (unpaired) electrons. The number of hydrogen-bond donors (Lipinski definition) is 0. The zero-order valence-corrected chi connectivity index (χ0v) is 13.5. The summed E-state index contributed by atoms with van der Waals surface area (Å²) in [6, 6.07) is -0.471. The molecule has 4 heterocycles. The topological polar surface area (TPSA) is 90.4 Å². The second-order valence-corrected chi connectivity index (χ2v) is 6.45. The molecule has 0 aromatic rings. The number of fused-ring (bicyclic) bond motifs is 5. The molecule has 0 unspecified atom stereocenters. The highest BCUT2D eigenvalue weighted by Gasteiger charge is 2.74. The van der Waals surface area contributed by atoms with Crippen molar-refractivity contribution in [3.8, 4) is 0 Å². The highest BCUT2D eigenvalue weighted by Crippen LogP contribution is 2.54. The van der Waals surface area contributed by atoms with Crippen LogP contribution in [0.25, 0.3) is 0 Å². The van der Waals surface area contributed by atoms with E-state index in [2.05, 4.69) is 5.10 Å². The average Bonchev–Trinajstić information content (AvgIpc) is 3.10. The molecule has 4 aliphatic rings. The van der Waals surface area contributed by atoms with Gasteiger partial charge >= 0.3 is 0 Å². The largest absolute Gasteiger partial charge is 0.282 e. The lowest BCUT2D eigenvalue weighted by Crippen LogP contribution is -2.56. The smallest absolute Gasteiger partial charge is 0.258 e. The highest BCUT2D eigenvalue weighted by molar-refractivity contribution is 6.16. The first-order chi connectivity index (χ1) is 11.5. The van der Waals surface area contributed by atoms with Crippen LogP contribution in [-0.2, 0) is 19.2 Å². The number of likely N-dealkylation sites (tertiary alicyclic amines) is 2. The molecule has 4 rings (SSSR count). The third-order valence-electron chi connectivity index (χ3n) is 5.57. The van der Waals surface area contributed by atoms with Crippen molar-refractivity contribution in [3.63, 3.8) is 0 Å². The second kappa shape index (κ2) is 4.75. The van der Waals surface area contributed by atoms with Gasteiger partial charge in [-0.25, -0.2) is 0 Å². The van der Waals surface area contributed by atoms with E-state index in [1.807, 2.05) is 0 Å². The second-order valence-electron chi connectivity index (χ2n) is 6.45. The number of carbonyl (C=O) groups is 4. The fourth-order valence-electron chi connectivity index (χ4n) is 4.62. The number of imide groups is 2. The molecule has 4 atom stereocenters. The van der Waals surface area contributed by atoms with Gasteiger partial charge in [-0.05, 0) is 19.9 Å². The number of hydrogen-bond acceptors (Lipinski definition) is 6. The number of allylic oxidation sites excluding steroid dienone is 1. The van der Waals surface area contributed by atoms with E-state index in [4.69, 9.17) is 0 Å². The molecule has 126 valence electrons. The molecule has 0 N–H and O–H groups in total. The van der Waals surface area contributed by atoms with Crippen LogP contribution in [0.2, 0.25) is 0 Å². The number of carbonyl (C=O) groups excluding carboxylic acids is 4. The minimum Gasteiger partial charge on any atom is -0.282 e. The molecular weight excluding hydrogens is 312 g/mol. The summed E-state index contributed by atoms with van der Waals surface area (Å²) in [6.07, 6.45) is 4.91. The van der Waals surface area contributed by atoms with Crippen molar-refractivity contribution in [1.29, 1.82) is 0 Å². The van der Waals surface area contributed by atoms with E-state index in [9.17, 15) is 19.2 Å². The Hall–Kier alpha value is -2.51. The Kier molecular flexibility index (Phi) is 2.98. The van der Waals surface area contributed by atoms with Gasteiger partial charge in [0.1, 0.15) is 0 Å². The summed E-state index contributed by atoms with van der Waals surface area (Å²) in [4.78, 5) is 53.5. The standard InChI is InChI=1S/C16H18N4O4/c1-3-18-10(21)8-16(15(18)24)12-11(9-6-5-7-17-20(9)16)13(22)19(4-2)14(12)23/h5-7,9,11-12H,3-4,8H2,1-2H3/t9-,11+,12-,16-/m0/s1. The van der Waals surface area contributed by atoms with Gasteiger partial charge in [-0.15, -0.1) is 0 Å². The minimum atomic E-state index is -1.37. The van der Waals surface area contributed by atoms with E-state index >= 15 is 0 Å². The Morgan fingerprint density at radius 1 is 1.12 bits per heavy atom. The monoisotopic (exact) mass is 330 g/mol. The van der Waals surface area contributed by atoms with Crippen LogP contribution in [0.1, 0.15) is 20.3 Å². The van der Waals surface area contributed by atoms with Crippen molar-refractivity contribution >= 4 is 29.8 Å². The maximum absolute atomic E-state index is 13.1. The van der Waals surface area contributed by atoms with Crippen LogP contribution in [0.4, 0.5) is 0 Å². The molecule has 3 saturated heterocycles. The number of rotatable bonds is 2. The first-order valence-electron chi connectivity index (χ1n) is 8.19. The minimum absolute atomic E-state index is 0.112. The molecule has 0 aliphatic carbocycles. The third-order valence-corrected chi connectivity index (χ3v) is 5.57. The number of likely N-dealkylation sites (N-methyl/N-ethyl adjacent to an activating group) is 1. The van der Waals surface area contributed by atoms with Crippen molar-refractivity contribution in [1.82, 2.24) is 14.8 Å². The van der Waals surface area contributed by atoms with Crippen LogP contribution < -0.4 is 0 Å². The van der Waals surface area contributed by atoms with Crippen LogP contribution in [0.15, 0.2) is 17.3 Å². The molecule has 24 heavy (non-hydrogen) atoms. The van der Waals surface area contributed by atoms with Crippen LogP contribution in [0.3, 0.4) is 0 Å². The van der Waals surface area contributed by atoms with Gasteiger partial charge in [0, 0.05) is 19.3 Å². The zero-order valence-electron chi connectivity index (χ0n) is 13.5. The number of amides is 4. The molecule has 0 saturated carbocycles. The molecule has 1 spiro atoms. The lowest BCUT2D eigenvalue weighted by Gasteiger charge is -2.36. The fourth-order valence-corrected chi connectivity index (χ4v) is 4.62. The molecule has 0 aromatic carbocycles. The highest BCUT2D eigenvalue weighted by atomic mass is 16.2. The molecule has 0 aromatic heterocycles. The Bertz CT molecular complexity index is 728. The first-order valence-corrected chi connectivity index (χ1v) is 8.19. The first kappa shape index (κ1) is 15.0. The maximum atomic E-state index is 13.1. The van der Waals surface area contributed by atoms with Gasteiger partial charge in [-0.3, -0.25) is 34.0 Å². The van der Waals surface area contributed by atoms with Crippen molar-refractivity contribution in [3.05, 3.63) is 12.2 Å². The summed E-state index contributed by atoms with van der Waals surface area (Å²) < 4.78 is 0. The van der Waals surface area contributed by atoms with Gasteiger partial charge in [0.2, 0.25) is 17.7 Å². The predicted molar refractivity (Wildman–Crippen MR) is 82.4 cm³/mol. The normalized spacial score (nSPS) is 37.2. The predicted octanol–water partition coefficient (Wildman–Crippen LogP) is -0.635. The van der Waals surface area contributed by atoms with Gasteiger partial charge in [0.05, 0.1) is 24.3 Å². The fraction of sp³-hybridized carbons (Fsp3) is 0.562. The van der Waals surface area contributed by atoms with E-state index in [0.29, 0.717) is 0 Å². The Morgan fingerprint density at radius 3 is 2.46 bits per heavy atom. The number of hydrazone groups is 1. The van der Waals surface area contributed by atoms with Crippen LogP contribution in [0.5, 0.6) is 0 Å². The molecule has 4 aliphatic heterocycles. The summed E-state index contributed by atoms with van der Waals surface area (Å²) in [6.45, 7) is 3.96. The maximum Gasteiger partial charge on any atom is 0.258 e. The number of nitrogens with zero attached hydrogens (tertiary/aromatic N) is 4. The quantitative estimate of drug-likeness (QED) is 0.629. The van der Waals surface area contributed by atoms with E-state index < -0.39 is 29.3 Å². The SMILES string of the molecule is CCN1C(=O)[C@H]2[C@@H](C1=O)[C@]1(CC(=O)N(CC)C1=O)N1N=CC=C[C@@H]21. The van der Waals surface area contributed by atoms with Crippen molar-refractivity contribution in [2.45, 2.75) is 31.8 Å². The average molecular weight is 330 g/mol. The van der Waals surface area contributed by atoms with Crippen LogP contribution >= 0.6 is 0 Å². The van der Waals surface area contributed by atoms with Gasteiger partial charge in [-0.2, -0.15) is 5.10 Å². The van der Waals surface area contributed by atoms with E-state index in [1.54, 1.807) is 26.0 Å². The summed E-state index contributed by atoms with van der Waals surface area (Å²) in [5.74, 6) is -2.91. The lowest BCUT2D eigenvalue weighted by molar-refractivity contribution is -0.149. The van der Waals surface area contributed by atoms with E-state index in [1.165, 1.54) is 21.0 Å². The third kappa shape index (κ3) is 1.46. The molecular formula is C16H18N4O4. The van der Waals surface area contributed by atoms with Crippen LogP contribution in [-0.4, -0.2) is 69.3 Å². The van der Waals surface area contributed by atoms with E-state index in [0.717, 1.165) is 0 Å². The molecule has 3 fully saturated rings. The molecule has 0 bridgehead atoms.